The van der Waals surface area contributed by atoms with Gasteiger partial charge in [-0.3, -0.25) is 4.79 Å². The molecule has 0 aromatic carbocycles. The average Bonchev–Trinajstić information content (AvgIpc) is 3.31. The second-order valence-corrected chi connectivity index (χ2v) is 7.76. The highest BCUT2D eigenvalue weighted by Gasteiger charge is 2.34. The van der Waals surface area contributed by atoms with Crippen LogP contribution < -0.4 is 0 Å². The van der Waals surface area contributed by atoms with E-state index >= 15 is 0 Å². The fourth-order valence-electron chi connectivity index (χ4n) is 3.82. The van der Waals surface area contributed by atoms with Crippen molar-refractivity contribution in [3.05, 3.63) is 48.1 Å². The van der Waals surface area contributed by atoms with Crippen LogP contribution in [0.3, 0.4) is 0 Å². The van der Waals surface area contributed by atoms with Gasteiger partial charge in [-0.15, -0.1) is 0 Å². The number of hydrogen-bond acceptors (Lipinski definition) is 6. The molecule has 3 aromatic heterocycles. The SMILES string of the molecule is CCN(CC)CCN(CC)C(=O)c1cnn(-c2nccc(-c3ccco3)n2)c1C1CC1. The fourth-order valence-corrected chi connectivity index (χ4v) is 3.82. The van der Waals surface area contributed by atoms with Gasteiger partial charge in [-0.1, -0.05) is 13.8 Å². The first kappa shape index (κ1) is 21.2. The Balaban J connectivity index is 1.62. The van der Waals surface area contributed by atoms with Crippen molar-refractivity contribution in [2.75, 3.05) is 32.7 Å². The minimum absolute atomic E-state index is 0.0324. The van der Waals surface area contributed by atoms with Crippen LogP contribution >= 0.6 is 0 Å². The van der Waals surface area contributed by atoms with Crippen molar-refractivity contribution < 1.29 is 9.21 Å². The van der Waals surface area contributed by atoms with Crippen LogP contribution in [0.1, 0.15) is 55.6 Å². The number of hydrogen-bond donors (Lipinski definition) is 0. The van der Waals surface area contributed by atoms with E-state index in [1.807, 2.05) is 24.0 Å². The van der Waals surface area contributed by atoms with Gasteiger partial charge < -0.3 is 14.2 Å². The molecule has 3 heterocycles. The van der Waals surface area contributed by atoms with E-state index in [1.165, 1.54) is 0 Å². The van der Waals surface area contributed by atoms with Gasteiger partial charge in [0.2, 0.25) is 0 Å². The van der Waals surface area contributed by atoms with Gasteiger partial charge >= 0.3 is 0 Å². The van der Waals surface area contributed by atoms with E-state index in [0.717, 1.165) is 38.2 Å². The largest absolute Gasteiger partial charge is 0.463 e. The molecule has 1 aliphatic rings. The molecule has 0 unspecified atom stereocenters. The molecule has 8 nitrogen and oxygen atoms in total. The second-order valence-electron chi connectivity index (χ2n) is 7.76. The summed E-state index contributed by atoms with van der Waals surface area (Å²) < 4.78 is 7.20. The molecule has 164 valence electrons. The molecule has 0 N–H and O–H groups in total. The first-order chi connectivity index (χ1) is 15.2. The van der Waals surface area contributed by atoms with Crippen molar-refractivity contribution >= 4 is 5.91 Å². The number of likely N-dealkylation sites (N-methyl/N-ethyl adjacent to an activating group) is 2. The van der Waals surface area contributed by atoms with Crippen molar-refractivity contribution in [3.63, 3.8) is 0 Å². The Morgan fingerprint density at radius 1 is 1.16 bits per heavy atom. The number of nitrogens with zero attached hydrogens (tertiary/aromatic N) is 6. The maximum absolute atomic E-state index is 13.4. The van der Waals surface area contributed by atoms with Crippen LogP contribution in [0.2, 0.25) is 0 Å². The summed E-state index contributed by atoms with van der Waals surface area (Å²) in [6.07, 6.45) is 7.10. The lowest BCUT2D eigenvalue weighted by molar-refractivity contribution is 0.0745. The van der Waals surface area contributed by atoms with E-state index in [0.29, 0.717) is 42.0 Å². The van der Waals surface area contributed by atoms with Gasteiger partial charge in [0, 0.05) is 31.7 Å². The molecule has 3 aromatic rings. The van der Waals surface area contributed by atoms with E-state index in [4.69, 9.17) is 4.42 Å². The van der Waals surface area contributed by atoms with Gasteiger partial charge in [0.15, 0.2) is 5.76 Å². The van der Waals surface area contributed by atoms with E-state index in [9.17, 15) is 4.79 Å². The molecule has 1 amide bonds. The zero-order valence-electron chi connectivity index (χ0n) is 18.5. The van der Waals surface area contributed by atoms with Crippen LogP contribution in [0.4, 0.5) is 0 Å². The molecule has 31 heavy (non-hydrogen) atoms. The van der Waals surface area contributed by atoms with Crippen LogP contribution in [0.5, 0.6) is 0 Å². The predicted octanol–water partition coefficient (Wildman–Crippen LogP) is 3.60. The zero-order chi connectivity index (χ0) is 21.8. The predicted molar refractivity (Wildman–Crippen MR) is 118 cm³/mol. The van der Waals surface area contributed by atoms with Crippen LogP contribution in [-0.2, 0) is 0 Å². The Kier molecular flexibility index (Phi) is 6.46. The molecule has 1 fully saturated rings. The molecule has 0 spiro atoms. The standard InChI is InChI=1S/C23H30N6O2/c1-4-27(5-2)13-14-28(6-3)22(30)18-16-25-29(21(18)17-9-10-17)23-24-12-11-19(26-23)20-8-7-15-31-20/h7-8,11-12,15-17H,4-6,9-10,13-14H2,1-3H3. The molecule has 8 heteroatoms. The first-order valence-electron chi connectivity index (χ1n) is 11.1. The summed E-state index contributed by atoms with van der Waals surface area (Å²) in [5, 5.41) is 4.54. The second kappa shape index (κ2) is 9.43. The Bertz CT molecular complexity index is 1010. The highest BCUT2D eigenvalue weighted by Crippen LogP contribution is 2.42. The number of carbonyl (C=O) groups excluding carboxylic acids is 1. The molecular formula is C23H30N6O2. The molecule has 1 aliphatic carbocycles. The monoisotopic (exact) mass is 422 g/mol. The lowest BCUT2D eigenvalue weighted by atomic mass is 10.1. The quantitative estimate of drug-likeness (QED) is 0.497. The topological polar surface area (TPSA) is 80.3 Å². The summed E-state index contributed by atoms with van der Waals surface area (Å²) in [5.74, 6) is 1.48. The fraction of sp³-hybridized carbons (Fsp3) is 0.478. The van der Waals surface area contributed by atoms with Gasteiger partial charge in [0.25, 0.3) is 11.9 Å². The first-order valence-corrected chi connectivity index (χ1v) is 11.1. The Hall–Kier alpha value is -3.00. The number of rotatable bonds is 10. The van der Waals surface area contributed by atoms with Crippen LogP contribution in [0, 0.1) is 0 Å². The third-order valence-electron chi connectivity index (χ3n) is 5.86. The number of carbonyl (C=O) groups is 1. The third kappa shape index (κ3) is 4.54. The highest BCUT2D eigenvalue weighted by molar-refractivity contribution is 5.95. The minimum Gasteiger partial charge on any atom is -0.463 e. The lowest BCUT2D eigenvalue weighted by Gasteiger charge is -2.25. The number of furan rings is 1. The Morgan fingerprint density at radius 2 is 1.97 bits per heavy atom. The molecular weight excluding hydrogens is 392 g/mol. The molecule has 0 radical (unpaired) electrons. The molecule has 1 saturated carbocycles. The summed E-state index contributed by atoms with van der Waals surface area (Å²) in [6, 6.07) is 5.50. The minimum atomic E-state index is 0.0324. The van der Waals surface area contributed by atoms with E-state index < -0.39 is 0 Å². The van der Waals surface area contributed by atoms with Gasteiger partial charge in [-0.25, -0.2) is 14.6 Å². The third-order valence-corrected chi connectivity index (χ3v) is 5.86. The van der Waals surface area contributed by atoms with Crippen LogP contribution in [0.25, 0.3) is 17.4 Å². The van der Waals surface area contributed by atoms with E-state index in [-0.39, 0.29) is 5.91 Å². The van der Waals surface area contributed by atoms with Crippen molar-refractivity contribution in [3.8, 4) is 17.4 Å². The van der Waals surface area contributed by atoms with Crippen molar-refractivity contribution in [1.82, 2.24) is 29.5 Å². The van der Waals surface area contributed by atoms with Gasteiger partial charge in [-0.2, -0.15) is 5.10 Å². The van der Waals surface area contributed by atoms with Gasteiger partial charge in [-0.05, 0) is 51.1 Å². The summed E-state index contributed by atoms with van der Waals surface area (Å²) >= 11 is 0. The zero-order valence-corrected chi connectivity index (χ0v) is 18.5. The summed E-state index contributed by atoms with van der Waals surface area (Å²) in [7, 11) is 0. The lowest BCUT2D eigenvalue weighted by Crippen LogP contribution is -2.38. The Labute approximate surface area is 182 Å². The highest BCUT2D eigenvalue weighted by atomic mass is 16.3. The maximum atomic E-state index is 13.4. The molecule has 0 bridgehead atoms. The molecule has 0 saturated heterocycles. The van der Waals surface area contributed by atoms with E-state index in [2.05, 4.69) is 33.8 Å². The van der Waals surface area contributed by atoms with Crippen LogP contribution in [0.15, 0.2) is 41.3 Å². The van der Waals surface area contributed by atoms with Crippen molar-refractivity contribution in [2.45, 2.75) is 39.5 Å². The number of aromatic nitrogens is 4. The molecule has 0 atom stereocenters. The average molecular weight is 423 g/mol. The maximum Gasteiger partial charge on any atom is 0.257 e. The van der Waals surface area contributed by atoms with Crippen molar-refractivity contribution in [1.29, 1.82) is 0 Å². The summed E-state index contributed by atoms with van der Waals surface area (Å²) in [6.45, 7) is 10.5. The molecule has 4 rings (SSSR count). The Morgan fingerprint density at radius 3 is 2.61 bits per heavy atom. The van der Waals surface area contributed by atoms with Gasteiger partial charge in [0.05, 0.1) is 23.7 Å². The smallest absolute Gasteiger partial charge is 0.257 e. The summed E-state index contributed by atoms with van der Waals surface area (Å²) in [5.41, 5.74) is 2.27. The normalized spacial score (nSPS) is 13.7. The molecule has 0 aliphatic heterocycles. The van der Waals surface area contributed by atoms with E-state index in [1.54, 1.807) is 29.4 Å². The van der Waals surface area contributed by atoms with Gasteiger partial charge in [0.1, 0.15) is 5.69 Å². The van der Waals surface area contributed by atoms with Crippen molar-refractivity contribution in [2.24, 2.45) is 0 Å². The number of amides is 1. The summed E-state index contributed by atoms with van der Waals surface area (Å²) in [4.78, 5) is 26.7. The van der Waals surface area contributed by atoms with Crippen LogP contribution in [-0.4, -0.2) is 68.2 Å².